The van der Waals surface area contributed by atoms with Gasteiger partial charge >= 0.3 is 7.12 Å². The number of hydrogen-bond acceptors (Lipinski definition) is 4. The number of hydrogen-bond donors (Lipinski definition) is 1. The minimum atomic E-state index is -1.06. The van der Waals surface area contributed by atoms with Crippen LogP contribution in [0.4, 0.5) is 0 Å². The first kappa shape index (κ1) is 9.55. The van der Waals surface area contributed by atoms with E-state index in [1.54, 1.807) is 13.2 Å². The maximum absolute atomic E-state index is 9.53. The lowest BCUT2D eigenvalue weighted by Crippen LogP contribution is -2.38. The Morgan fingerprint density at radius 1 is 1.57 bits per heavy atom. The summed E-state index contributed by atoms with van der Waals surface area (Å²) in [5.74, 6) is 0.577. The van der Waals surface area contributed by atoms with Crippen molar-refractivity contribution in [2.45, 2.75) is 0 Å². The van der Waals surface area contributed by atoms with Crippen LogP contribution in [0.3, 0.4) is 0 Å². The standard InChI is InChI=1S/C8H7BBrNO3/c1-13-7-3-6(10)2-5-4-11-14-9(12)8(5)7/h2-4,12H,1H3. The molecule has 0 amide bonds. The summed E-state index contributed by atoms with van der Waals surface area (Å²) in [6, 6.07) is 3.61. The SMILES string of the molecule is COc1cc(Br)cc2c1B(O)ON=C2. The Bertz CT molecular complexity index is 396. The molecule has 14 heavy (non-hydrogen) atoms. The van der Waals surface area contributed by atoms with E-state index >= 15 is 0 Å². The molecule has 0 saturated carbocycles. The van der Waals surface area contributed by atoms with Crippen molar-refractivity contribution >= 4 is 34.7 Å². The summed E-state index contributed by atoms with van der Waals surface area (Å²) in [6.45, 7) is 0. The van der Waals surface area contributed by atoms with Gasteiger partial charge in [-0.1, -0.05) is 15.9 Å². The highest BCUT2D eigenvalue weighted by molar-refractivity contribution is 9.10. The molecule has 0 atom stereocenters. The molecule has 1 aliphatic rings. The van der Waals surface area contributed by atoms with Gasteiger partial charge in [-0.2, -0.15) is 0 Å². The number of benzene rings is 1. The monoisotopic (exact) mass is 255 g/mol. The van der Waals surface area contributed by atoms with E-state index < -0.39 is 7.12 Å². The molecule has 0 unspecified atom stereocenters. The Morgan fingerprint density at radius 2 is 2.36 bits per heavy atom. The zero-order valence-electron chi connectivity index (χ0n) is 7.40. The summed E-state index contributed by atoms with van der Waals surface area (Å²) in [7, 11) is 0.485. The Balaban J connectivity index is 2.62. The number of fused-ring (bicyclic) bond motifs is 1. The van der Waals surface area contributed by atoms with Crippen molar-refractivity contribution in [1.82, 2.24) is 0 Å². The summed E-state index contributed by atoms with van der Waals surface area (Å²) < 4.78 is 10.7. The van der Waals surface area contributed by atoms with Crippen molar-refractivity contribution in [2.75, 3.05) is 7.11 Å². The number of oxime groups is 1. The minimum Gasteiger partial charge on any atom is -0.497 e. The molecule has 0 aliphatic carbocycles. The van der Waals surface area contributed by atoms with Gasteiger partial charge in [0.15, 0.2) is 0 Å². The van der Waals surface area contributed by atoms with E-state index in [2.05, 4.69) is 21.1 Å². The Hall–Kier alpha value is -1.01. The molecular formula is C8H7BBrNO3. The van der Waals surface area contributed by atoms with E-state index in [0.717, 1.165) is 10.0 Å². The van der Waals surface area contributed by atoms with Crippen LogP contribution in [0.1, 0.15) is 5.56 Å². The molecule has 1 aromatic carbocycles. The van der Waals surface area contributed by atoms with Crippen LogP contribution < -0.4 is 10.2 Å². The summed E-state index contributed by atoms with van der Waals surface area (Å²) in [6.07, 6.45) is 1.54. The quantitative estimate of drug-likeness (QED) is 0.744. The van der Waals surface area contributed by atoms with Crippen molar-refractivity contribution < 1.29 is 14.5 Å². The van der Waals surface area contributed by atoms with Crippen molar-refractivity contribution in [3.05, 3.63) is 22.2 Å². The third-order valence-corrected chi connectivity index (χ3v) is 2.42. The first-order chi connectivity index (χ1) is 6.72. The van der Waals surface area contributed by atoms with Crippen molar-refractivity contribution in [3.63, 3.8) is 0 Å². The number of rotatable bonds is 1. The average Bonchev–Trinajstić information content (AvgIpc) is 2.16. The molecule has 1 heterocycles. The summed E-state index contributed by atoms with van der Waals surface area (Å²) in [5, 5.41) is 13.1. The molecular weight excluding hydrogens is 249 g/mol. The number of methoxy groups -OCH3 is 1. The second kappa shape index (κ2) is 3.63. The van der Waals surface area contributed by atoms with Gasteiger partial charge in [0.2, 0.25) is 0 Å². The van der Waals surface area contributed by atoms with E-state index in [-0.39, 0.29) is 0 Å². The maximum atomic E-state index is 9.53. The van der Waals surface area contributed by atoms with E-state index in [1.807, 2.05) is 6.07 Å². The first-order valence-corrected chi connectivity index (χ1v) is 4.76. The normalized spacial score (nSPS) is 13.5. The Kier molecular flexibility index (Phi) is 2.47. The largest absolute Gasteiger partial charge is 0.587 e. The predicted molar refractivity (Wildman–Crippen MR) is 57.0 cm³/mol. The molecule has 1 N–H and O–H groups in total. The number of nitrogens with zero attached hydrogens (tertiary/aromatic N) is 1. The summed E-state index contributed by atoms with van der Waals surface area (Å²) >= 11 is 3.34. The maximum Gasteiger partial charge on any atom is 0.587 e. The fourth-order valence-electron chi connectivity index (χ4n) is 1.35. The molecule has 0 radical (unpaired) electrons. The first-order valence-electron chi connectivity index (χ1n) is 3.97. The van der Waals surface area contributed by atoms with Crippen LogP contribution in [0.2, 0.25) is 0 Å². The fourth-order valence-corrected chi connectivity index (χ4v) is 1.81. The van der Waals surface area contributed by atoms with Gasteiger partial charge in [0.25, 0.3) is 0 Å². The van der Waals surface area contributed by atoms with E-state index in [4.69, 9.17) is 9.49 Å². The Morgan fingerprint density at radius 3 is 3.07 bits per heavy atom. The molecule has 1 aromatic rings. The van der Waals surface area contributed by atoms with Crippen LogP contribution in [-0.2, 0) is 4.76 Å². The van der Waals surface area contributed by atoms with Gasteiger partial charge < -0.3 is 14.5 Å². The van der Waals surface area contributed by atoms with Gasteiger partial charge in [0.05, 0.1) is 13.3 Å². The predicted octanol–water partition coefficient (Wildman–Crippen LogP) is 0.509. The van der Waals surface area contributed by atoms with Crippen LogP contribution in [0.5, 0.6) is 5.75 Å². The average molecular weight is 256 g/mol. The molecule has 2 rings (SSSR count). The lowest BCUT2D eigenvalue weighted by Gasteiger charge is -2.16. The Labute approximate surface area is 89.8 Å². The van der Waals surface area contributed by atoms with Crippen LogP contribution >= 0.6 is 15.9 Å². The second-order valence-corrected chi connectivity index (χ2v) is 3.72. The molecule has 0 aromatic heterocycles. The highest BCUT2D eigenvalue weighted by atomic mass is 79.9. The lowest BCUT2D eigenvalue weighted by atomic mass is 9.75. The van der Waals surface area contributed by atoms with Crippen molar-refractivity contribution in [3.8, 4) is 5.75 Å². The van der Waals surface area contributed by atoms with E-state index in [0.29, 0.717) is 11.2 Å². The number of halogens is 1. The smallest absolute Gasteiger partial charge is 0.497 e. The van der Waals surface area contributed by atoms with Crippen molar-refractivity contribution in [1.29, 1.82) is 0 Å². The molecule has 0 saturated heterocycles. The summed E-state index contributed by atoms with van der Waals surface area (Å²) in [5.41, 5.74) is 1.39. The third kappa shape index (κ3) is 1.51. The third-order valence-electron chi connectivity index (χ3n) is 1.96. The summed E-state index contributed by atoms with van der Waals surface area (Å²) in [4.78, 5) is 0. The zero-order chi connectivity index (χ0) is 10.1. The van der Waals surface area contributed by atoms with E-state index in [1.165, 1.54) is 6.21 Å². The molecule has 6 heteroatoms. The van der Waals surface area contributed by atoms with Gasteiger partial charge in [-0.15, -0.1) is 5.16 Å². The lowest BCUT2D eigenvalue weighted by molar-refractivity contribution is 0.284. The molecule has 1 aliphatic heterocycles. The van der Waals surface area contributed by atoms with Crippen LogP contribution in [-0.4, -0.2) is 25.5 Å². The highest BCUT2D eigenvalue weighted by Gasteiger charge is 2.29. The second-order valence-electron chi connectivity index (χ2n) is 2.80. The van der Waals surface area contributed by atoms with Crippen LogP contribution in [0, 0.1) is 0 Å². The fraction of sp³-hybridized carbons (Fsp3) is 0.125. The highest BCUT2D eigenvalue weighted by Crippen LogP contribution is 2.20. The number of ether oxygens (including phenoxy) is 1. The molecule has 0 fully saturated rings. The minimum absolute atomic E-state index is 0.577. The van der Waals surface area contributed by atoms with Gasteiger partial charge in [-0.25, -0.2) is 0 Å². The van der Waals surface area contributed by atoms with E-state index in [9.17, 15) is 5.02 Å². The van der Waals surface area contributed by atoms with Gasteiger partial charge in [-0.3, -0.25) is 0 Å². The molecule has 72 valence electrons. The van der Waals surface area contributed by atoms with Gasteiger partial charge in [0, 0.05) is 15.5 Å². The van der Waals surface area contributed by atoms with Crippen LogP contribution in [0.25, 0.3) is 0 Å². The zero-order valence-corrected chi connectivity index (χ0v) is 8.98. The topological polar surface area (TPSA) is 51.0 Å². The molecule has 4 nitrogen and oxygen atoms in total. The van der Waals surface area contributed by atoms with Crippen LogP contribution in [0.15, 0.2) is 21.8 Å². The van der Waals surface area contributed by atoms with Crippen molar-refractivity contribution in [2.24, 2.45) is 5.16 Å². The van der Waals surface area contributed by atoms with Gasteiger partial charge in [-0.05, 0) is 12.1 Å². The van der Waals surface area contributed by atoms with Gasteiger partial charge in [0.1, 0.15) is 5.75 Å². The molecule has 0 bridgehead atoms. The molecule has 0 spiro atoms.